The van der Waals surface area contributed by atoms with Crippen LogP contribution in [0.5, 0.6) is 5.88 Å². The second kappa shape index (κ2) is 6.19. The molecule has 1 aromatic carbocycles. The van der Waals surface area contributed by atoms with Crippen LogP contribution in [0.15, 0.2) is 48.7 Å². The minimum atomic E-state index is -0.835. The summed E-state index contributed by atoms with van der Waals surface area (Å²) in [6.07, 6.45) is 5.52. The first-order valence-corrected chi connectivity index (χ1v) is 8.71. The van der Waals surface area contributed by atoms with Crippen LogP contribution < -0.4 is 4.74 Å². The van der Waals surface area contributed by atoms with E-state index in [1.54, 1.807) is 13.3 Å². The van der Waals surface area contributed by atoms with E-state index in [9.17, 15) is 5.11 Å². The van der Waals surface area contributed by atoms with Gasteiger partial charge in [-0.25, -0.2) is 4.98 Å². The number of pyridine rings is 1. The summed E-state index contributed by atoms with van der Waals surface area (Å²) in [7, 11) is 1.62. The van der Waals surface area contributed by atoms with Crippen LogP contribution in [0.25, 0.3) is 0 Å². The molecule has 2 aromatic rings. The molecule has 1 N–H and O–H groups in total. The molecule has 0 amide bonds. The van der Waals surface area contributed by atoms with E-state index in [4.69, 9.17) is 4.74 Å². The van der Waals surface area contributed by atoms with Gasteiger partial charge in [-0.1, -0.05) is 30.3 Å². The van der Waals surface area contributed by atoms with E-state index < -0.39 is 5.60 Å². The number of aliphatic hydroxyl groups is 1. The van der Waals surface area contributed by atoms with E-state index >= 15 is 0 Å². The van der Waals surface area contributed by atoms with Crippen molar-refractivity contribution < 1.29 is 9.84 Å². The molecule has 3 heterocycles. The van der Waals surface area contributed by atoms with Gasteiger partial charge in [0.05, 0.1) is 12.7 Å². The molecule has 0 aliphatic carbocycles. The Labute approximate surface area is 143 Å². The van der Waals surface area contributed by atoms with Crippen molar-refractivity contribution in [2.75, 3.05) is 7.11 Å². The molecule has 2 unspecified atom stereocenters. The number of rotatable bonds is 4. The van der Waals surface area contributed by atoms with Gasteiger partial charge in [0.2, 0.25) is 5.88 Å². The Morgan fingerprint density at radius 3 is 2.50 bits per heavy atom. The van der Waals surface area contributed by atoms with Crippen LogP contribution in [0.3, 0.4) is 0 Å². The third-order valence-electron chi connectivity index (χ3n) is 5.59. The van der Waals surface area contributed by atoms with Crippen molar-refractivity contribution in [1.29, 1.82) is 0 Å². The zero-order valence-corrected chi connectivity index (χ0v) is 14.1. The number of nitrogens with zero attached hydrogens (tertiary/aromatic N) is 2. The van der Waals surface area contributed by atoms with Crippen LogP contribution >= 0.6 is 0 Å². The minimum Gasteiger partial charge on any atom is -0.481 e. The van der Waals surface area contributed by atoms with Gasteiger partial charge in [0.25, 0.3) is 0 Å². The number of hydrogen-bond acceptors (Lipinski definition) is 4. The lowest BCUT2D eigenvalue weighted by Crippen LogP contribution is -2.49. The molecular formula is C20H24N2O2. The number of ether oxygens (including phenoxy) is 1. The Kier molecular flexibility index (Phi) is 4.02. The van der Waals surface area contributed by atoms with Gasteiger partial charge in [0.1, 0.15) is 0 Å². The molecule has 2 saturated heterocycles. The Bertz CT molecular complexity index is 690. The number of methoxy groups -OCH3 is 1. The number of fused-ring (bicyclic) bond motifs is 2. The highest BCUT2D eigenvalue weighted by Crippen LogP contribution is 2.47. The van der Waals surface area contributed by atoms with Gasteiger partial charge >= 0.3 is 0 Å². The van der Waals surface area contributed by atoms with Crippen LogP contribution in [0.4, 0.5) is 0 Å². The molecule has 2 bridgehead atoms. The van der Waals surface area contributed by atoms with Gasteiger partial charge in [-0.05, 0) is 43.4 Å². The second-order valence-corrected chi connectivity index (χ2v) is 7.04. The average Bonchev–Trinajstić information content (AvgIpc) is 2.86. The smallest absolute Gasteiger partial charge is 0.219 e. The first kappa shape index (κ1) is 15.6. The van der Waals surface area contributed by atoms with Crippen molar-refractivity contribution in [1.82, 2.24) is 9.88 Å². The fourth-order valence-electron chi connectivity index (χ4n) is 4.50. The highest BCUT2D eigenvalue weighted by atomic mass is 16.5. The van der Waals surface area contributed by atoms with Gasteiger partial charge in [-0.3, -0.25) is 4.90 Å². The van der Waals surface area contributed by atoms with Crippen LogP contribution in [0, 0.1) is 0 Å². The largest absolute Gasteiger partial charge is 0.481 e. The lowest BCUT2D eigenvalue weighted by Gasteiger charge is -2.44. The number of benzene rings is 1. The lowest BCUT2D eigenvalue weighted by molar-refractivity contribution is -0.0609. The third kappa shape index (κ3) is 2.70. The summed E-state index contributed by atoms with van der Waals surface area (Å²) in [5.41, 5.74) is 1.35. The Hall–Kier alpha value is -1.91. The van der Waals surface area contributed by atoms with Crippen molar-refractivity contribution >= 4 is 0 Å². The molecule has 1 aromatic heterocycles. The molecule has 4 heteroatoms. The molecule has 2 fully saturated rings. The van der Waals surface area contributed by atoms with E-state index in [0.29, 0.717) is 18.0 Å². The highest BCUT2D eigenvalue weighted by molar-refractivity contribution is 5.33. The fraction of sp³-hybridized carbons (Fsp3) is 0.450. The van der Waals surface area contributed by atoms with Gasteiger partial charge in [0, 0.05) is 30.4 Å². The monoisotopic (exact) mass is 324 g/mol. The molecule has 2 aliphatic rings. The summed E-state index contributed by atoms with van der Waals surface area (Å²) in [6, 6.07) is 15.3. The summed E-state index contributed by atoms with van der Waals surface area (Å²) >= 11 is 0. The molecule has 0 radical (unpaired) electrons. The van der Waals surface area contributed by atoms with Crippen molar-refractivity contribution in [3.63, 3.8) is 0 Å². The zero-order valence-electron chi connectivity index (χ0n) is 14.1. The summed E-state index contributed by atoms with van der Waals surface area (Å²) in [4.78, 5) is 6.86. The summed E-state index contributed by atoms with van der Waals surface area (Å²) in [5, 5.41) is 11.4. The number of piperidine rings is 1. The predicted octanol–water partition coefficient (Wildman–Crippen LogP) is 3.10. The molecule has 0 spiro atoms. The lowest BCUT2D eigenvalue weighted by atomic mass is 9.80. The predicted molar refractivity (Wildman–Crippen MR) is 92.7 cm³/mol. The van der Waals surface area contributed by atoms with Crippen molar-refractivity contribution in [2.45, 2.75) is 49.9 Å². The van der Waals surface area contributed by atoms with E-state index in [2.05, 4.69) is 40.2 Å². The molecule has 4 nitrogen and oxygen atoms in total. The van der Waals surface area contributed by atoms with E-state index in [0.717, 1.165) is 37.8 Å². The van der Waals surface area contributed by atoms with Crippen molar-refractivity contribution in [2.24, 2.45) is 0 Å². The Balaban J connectivity index is 1.57. The van der Waals surface area contributed by atoms with Crippen molar-refractivity contribution in [3.8, 4) is 5.88 Å². The average molecular weight is 324 g/mol. The van der Waals surface area contributed by atoms with Crippen LogP contribution in [-0.4, -0.2) is 34.2 Å². The molecule has 0 saturated carbocycles. The van der Waals surface area contributed by atoms with E-state index in [1.165, 1.54) is 5.56 Å². The quantitative estimate of drug-likeness (QED) is 0.939. The molecule has 126 valence electrons. The molecular weight excluding hydrogens is 300 g/mol. The SMILES string of the molecule is COc1ncccc1C1(O)CC2CCC(C1)N2Cc1ccccc1. The van der Waals surface area contributed by atoms with Crippen LogP contribution in [0.1, 0.15) is 36.8 Å². The summed E-state index contributed by atoms with van der Waals surface area (Å²) in [5.74, 6) is 0.552. The fourth-order valence-corrected chi connectivity index (χ4v) is 4.50. The van der Waals surface area contributed by atoms with Crippen LogP contribution in [0.2, 0.25) is 0 Å². The highest BCUT2D eigenvalue weighted by Gasteiger charge is 2.49. The van der Waals surface area contributed by atoms with Crippen molar-refractivity contribution in [3.05, 3.63) is 59.8 Å². The molecule has 4 rings (SSSR count). The maximum Gasteiger partial charge on any atom is 0.219 e. The van der Waals surface area contributed by atoms with E-state index in [1.807, 2.05) is 12.1 Å². The summed E-state index contributed by atoms with van der Waals surface area (Å²) in [6.45, 7) is 0.969. The Morgan fingerprint density at radius 1 is 1.12 bits per heavy atom. The van der Waals surface area contributed by atoms with Gasteiger partial charge in [-0.2, -0.15) is 0 Å². The third-order valence-corrected chi connectivity index (χ3v) is 5.59. The normalized spacial score (nSPS) is 29.6. The second-order valence-electron chi connectivity index (χ2n) is 7.04. The standard InChI is InChI=1S/C20H24N2O2/c1-24-19-18(8-5-11-21-19)20(23)12-16-9-10-17(13-20)22(16)14-15-6-3-2-4-7-15/h2-8,11,16-17,23H,9-10,12-14H2,1H3. The van der Waals surface area contributed by atoms with E-state index in [-0.39, 0.29) is 0 Å². The topological polar surface area (TPSA) is 45.6 Å². The Morgan fingerprint density at radius 2 is 1.83 bits per heavy atom. The first-order valence-electron chi connectivity index (χ1n) is 8.71. The number of aromatic nitrogens is 1. The first-order chi connectivity index (χ1) is 11.7. The maximum absolute atomic E-state index is 11.4. The summed E-state index contributed by atoms with van der Waals surface area (Å²) < 4.78 is 5.39. The molecule has 2 aliphatic heterocycles. The van der Waals surface area contributed by atoms with Gasteiger partial charge in [0.15, 0.2) is 0 Å². The molecule has 24 heavy (non-hydrogen) atoms. The number of hydrogen-bond donors (Lipinski definition) is 1. The van der Waals surface area contributed by atoms with Gasteiger partial charge < -0.3 is 9.84 Å². The zero-order chi connectivity index (χ0) is 16.6. The van der Waals surface area contributed by atoms with Gasteiger partial charge in [-0.15, -0.1) is 0 Å². The van der Waals surface area contributed by atoms with Crippen LogP contribution in [-0.2, 0) is 12.1 Å². The minimum absolute atomic E-state index is 0.416. The molecule has 2 atom stereocenters. The maximum atomic E-state index is 11.4.